The second-order valence-corrected chi connectivity index (χ2v) is 10.0. The second kappa shape index (κ2) is 20.2. The van der Waals surface area contributed by atoms with Gasteiger partial charge < -0.3 is 20.1 Å². The Balaban J connectivity index is 4.49. The van der Waals surface area contributed by atoms with Crippen molar-refractivity contribution in [2.24, 2.45) is 0 Å². The van der Waals surface area contributed by atoms with Crippen molar-refractivity contribution in [3.05, 3.63) is 0 Å². The maximum Gasteiger partial charge on any atom is 0.329 e. The highest BCUT2D eigenvalue weighted by atomic mass is 33.1. The number of hydrogen-bond acceptors (Lipinski definition) is 8. The first-order chi connectivity index (χ1) is 15.4. The first-order valence-electron chi connectivity index (χ1n) is 11.4. The lowest BCUT2D eigenvalue weighted by molar-refractivity contribution is -0.144. The molecule has 0 spiro atoms. The molecule has 0 radical (unpaired) electrons. The van der Waals surface area contributed by atoms with Gasteiger partial charge >= 0.3 is 11.9 Å². The first kappa shape index (κ1) is 30.6. The van der Waals surface area contributed by atoms with Crippen LogP contribution in [0.3, 0.4) is 0 Å². The normalized spacial score (nSPS) is 12.5. The van der Waals surface area contributed by atoms with E-state index in [2.05, 4.69) is 24.5 Å². The predicted molar refractivity (Wildman–Crippen MR) is 130 cm³/mol. The van der Waals surface area contributed by atoms with Crippen LogP contribution in [0.15, 0.2) is 0 Å². The molecule has 1 unspecified atom stereocenters. The first-order valence-corrected chi connectivity index (χ1v) is 13.9. The lowest BCUT2D eigenvalue weighted by Gasteiger charge is -2.18. The number of amides is 2. The molecule has 8 nitrogen and oxygen atoms in total. The Labute approximate surface area is 200 Å². The lowest BCUT2D eigenvalue weighted by atomic mass is 10.1. The van der Waals surface area contributed by atoms with Gasteiger partial charge in [-0.2, -0.15) is 0 Å². The lowest BCUT2D eigenvalue weighted by Crippen LogP contribution is -2.44. The Morgan fingerprint density at radius 3 is 1.34 bits per heavy atom. The summed E-state index contributed by atoms with van der Waals surface area (Å²) >= 11 is 0. The second-order valence-electron chi connectivity index (χ2n) is 7.48. The molecule has 32 heavy (non-hydrogen) atoms. The minimum atomic E-state index is -0.763. The van der Waals surface area contributed by atoms with Crippen LogP contribution in [0.2, 0.25) is 0 Å². The molecule has 0 aromatic carbocycles. The van der Waals surface area contributed by atoms with E-state index in [0.717, 1.165) is 51.4 Å². The summed E-state index contributed by atoms with van der Waals surface area (Å²) < 4.78 is 9.58. The third-order valence-corrected chi connectivity index (χ3v) is 7.13. The van der Waals surface area contributed by atoms with Crippen LogP contribution in [0.4, 0.5) is 0 Å². The van der Waals surface area contributed by atoms with Crippen molar-refractivity contribution >= 4 is 45.3 Å². The smallest absolute Gasteiger partial charge is 0.329 e. The Hall–Kier alpha value is -1.42. The molecule has 0 aromatic heterocycles. The standard InChI is InChI=1S/C22H40N2O6S2/c1-5-7-9-11-13-19(25)23-17(21(27)29-3)15-31-32-16-18(22(28)30-4)24-20(26)14-12-10-8-6-2/h17-18H,5-16H2,1-4H3,(H,23,25)(H,24,26)/t17-,18?/m0/s1. The van der Waals surface area contributed by atoms with Crippen LogP contribution in [-0.4, -0.2) is 61.6 Å². The molecule has 2 N–H and O–H groups in total. The molecule has 0 fully saturated rings. The van der Waals surface area contributed by atoms with Crippen molar-refractivity contribution < 1.29 is 28.7 Å². The van der Waals surface area contributed by atoms with Crippen molar-refractivity contribution in [2.45, 2.75) is 90.1 Å². The number of methoxy groups -OCH3 is 2. The van der Waals surface area contributed by atoms with E-state index >= 15 is 0 Å². The highest BCUT2D eigenvalue weighted by Gasteiger charge is 2.24. The topological polar surface area (TPSA) is 111 Å². The number of hydrogen-bond donors (Lipinski definition) is 2. The maximum atomic E-state index is 12.1. The molecule has 0 aliphatic rings. The molecule has 0 saturated heterocycles. The predicted octanol–water partition coefficient (Wildman–Crippen LogP) is 3.62. The van der Waals surface area contributed by atoms with E-state index in [1.165, 1.54) is 35.8 Å². The summed E-state index contributed by atoms with van der Waals surface area (Å²) in [5.74, 6) is -0.794. The van der Waals surface area contributed by atoms with Gasteiger partial charge in [-0.3, -0.25) is 9.59 Å². The van der Waals surface area contributed by atoms with E-state index in [4.69, 9.17) is 9.47 Å². The molecule has 0 aliphatic heterocycles. The van der Waals surface area contributed by atoms with E-state index in [9.17, 15) is 19.2 Å². The average Bonchev–Trinajstić information content (AvgIpc) is 2.79. The van der Waals surface area contributed by atoms with Crippen LogP contribution in [-0.2, 0) is 28.7 Å². The third kappa shape index (κ3) is 15.4. The van der Waals surface area contributed by atoms with Crippen molar-refractivity contribution in [3.63, 3.8) is 0 Å². The summed E-state index contributed by atoms with van der Waals surface area (Å²) in [7, 11) is 5.22. The van der Waals surface area contributed by atoms with E-state index in [0.29, 0.717) is 12.8 Å². The number of carbonyl (C=O) groups excluding carboxylic acids is 4. The van der Waals surface area contributed by atoms with Crippen molar-refractivity contribution in [1.29, 1.82) is 0 Å². The summed E-state index contributed by atoms with van der Waals surface area (Å²) in [6.45, 7) is 4.21. The van der Waals surface area contributed by atoms with Gasteiger partial charge in [0.15, 0.2) is 0 Å². The van der Waals surface area contributed by atoms with E-state index in [1.54, 1.807) is 0 Å². The molecule has 0 aliphatic carbocycles. The van der Waals surface area contributed by atoms with Gasteiger partial charge in [-0.05, 0) is 12.8 Å². The van der Waals surface area contributed by atoms with E-state index in [1.807, 2.05) is 0 Å². The molecule has 0 saturated carbocycles. The number of nitrogens with one attached hydrogen (secondary N) is 2. The Morgan fingerprint density at radius 1 is 0.656 bits per heavy atom. The van der Waals surface area contributed by atoms with Gasteiger partial charge in [-0.25, -0.2) is 9.59 Å². The average molecular weight is 493 g/mol. The van der Waals surface area contributed by atoms with E-state index in [-0.39, 0.29) is 23.3 Å². The number of unbranched alkanes of at least 4 members (excludes halogenated alkanes) is 6. The summed E-state index contributed by atoms with van der Waals surface area (Å²) in [6.07, 6.45) is 8.63. The summed E-state index contributed by atoms with van der Waals surface area (Å²) in [5.41, 5.74) is 0. The zero-order valence-electron chi connectivity index (χ0n) is 19.9. The molecular weight excluding hydrogens is 452 g/mol. The monoisotopic (exact) mass is 492 g/mol. The Bertz CT molecular complexity index is 515. The summed E-state index contributed by atoms with van der Waals surface area (Å²) in [5, 5.41) is 5.45. The molecule has 0 rings (SSSR count). The summed E-state index contributed by atoms with van der Waals surface area (Å²) in [4.78, 5) is 48.2. The van der Waals surface area contributed by atoms with Crippen LogP contribution in [0.1, 0.15) is 78.1 Å². The van der Waals surface area contributed by atoms with Crippen LogP contribution < -0.4 is 10.6 Å². The number of esters is 2. The van der Waals surface area contributed by atoms with Crippen molar-refractivity contribution in [3.8, 4) is 0 Å². The van der Waals surface area contributed by atoms with E-state index < -0.39 is 24.0 Å². The fourth-order valence-electron chi connectivity index (χ4n) is 2.81. The molecule has 2 atom stereocenters. The van der Waals surface area contributed by atoms with Crippen molar-refractivity contribution in [2.75, 3.05) is 25.7 Å². The fraction of sp³-hybridized carbons (Fsp3) is 0.818. The van der Waals surface area contributed by atoms with Crippen molar-refractivity contribution in [1.82, 2.24) is 10.6 Å². The zero-order chi connectivity index (χ0) is 24.2. The Kier molecular flexibility index (Phi) is 19.3. The molecular formula is C22H40N2O6S2. The molecule has 0 bridgehead atoms. The van der Waals surface area contributed by atoms with Gasteiger partial charge in [0.1, 0.15) is 12.1 Å². The Morgan fingerprint density at radius 2 is 1.03 bits per heavy atom. The number of ether oxygens (including phenoxy) is 2. The number of rotatable bonds is 19. The molecule has 0 aromatic rings. The molecule has 186 valence electrons. The maximum absolute atomic E-state index is 12.1. The van der Waals surface area contributed by atoms with Gasteiger partial charge in [0.2, 0.25) is 11.8 Å². The van der Waals surface area contributed by atoms with Gasteiger partial charge in [-0.1, -0.05) is 74.0 Å². The van der Waals surface area contributed by atoms with Gasteiger partial charge in [0, 0.05) is 24.3 Å². The van der Waals surface area contributed by atoms with Gasteiger partial charge in [0.05, 0.1) is 14.2 Å². The minimum absolute atomic E-state index is 0.176. The van der Waals surface area contributed by atoms with Crippen LogP contribution in [0.25, 0.3) is 0 Å². The fourth-order valence-corrected chi connectivity index (χ4v) is 5.11. The number of carbonyl (C=O) groups is 4. The molecule has 10 heteroatoms. The summed E-state index contributed by atoms with van der Waals surface area (Å²) in [6, 6.07) is -1.53. The quantitative estimate of drug-likeness (QED) is 0.160. The zero-order valence-corrected chi connectivity index (χ0v) is 21.5. The van der Waals surface area contributed by atoms with Crippen LogP contribution in [0, 0.1) is 0 Å². The van der Waals surface area contributed by atoms with Crippen LogP contribution >= 0.6 is 21.6 Å². The highest BCUT2D eigenvalue weighted by Crippen LogP contribution is 2.24. The minimum Gasteiger partial charge on any atom is -0.467 e. The highest BCUT2D eigenvalue weighted by molar-refractivity contribution is 8.76. The SMILES string of the molecule is CCCCCCC(=O)NC(CSSC[C@H](NC(=O)CCCCCC)C(=O)OC)C(=O)OC. The van der Waals surface area contributed by atoms with Gasteiger partial charge in [-0.15, -0.1) is 0 Å². The van der Waals surface area contributed by atoms with Gasteiger partial charge in [0.25, 0.3) is 0 Å². The molecule has 2 amide bonds. The van der Waals surface area contributed by atoms with Crippen LogP contribution in [0.5, 0.6) is 0 Å². The largest absolute Gasteiger partial charge is 0.467 e. The third-order valence-electron chi connectivity index (χ3n) is 4.71. The molecule has 0 heterocycles.